The van der Waals surface area contributed by atoms with Crippen LogP contribution in [0, 0.1) is 12.7 Å². The molecule has 7 nitrogen and oxygen atoms in total. The SMILES string of the molecule is COc1ccc(CCNC(=O)CSc2ccc(-c3sc(-c4ccc(F)cc4)nc3C)nn2)cc1OC. The molecule has 1 N–H and O–H groups in total. The van der Waals surface area contributed by atoms with E-state index in [1.807, 2.05) is 37.3 Å². The summed E-state index contributed by atoms with van der Waals surface area (Å²) in [6, 6.07) is 15.7. The Morgan fingerprint density at radius 1 is 1.03 bits per heavy atom. The third-order valence-corrected chi connectivity index (χ3v) is 7.44. The highest BCUT2D eigenvalue weighted by Crippen LogP contribution is 2.34. The van der Waals surface area contributed by atoms with Gasteiger partial charge in [0.15, 0.2) is 11.5 Å². The number of rotatable bonds is 10. The first-order chi connectivity index (χ1) is 17.5. The third-order valence-electron chi connectivity index (χ3n) is 5.30. The standard InChI is InChI=1S/C26H25FN4O3S2/c1-16-25(36-26(29-16)18-5-7-19(27)8-6-18)20-9-11-24(31-30-20)35-15-23(32)28-13-12-17-4-10-21(33-2)22(14-17)34-3/h4-11,14H,12-13,15H2,1-3H3,(H,28,32). The van der Waals surface area contributed by atoms with Gasteiger partial charge in [-0.3, -0.25) is 4.79 Å². The van der Waals surface area contributed by atoms with Gasteiger partial charge in [0.2, 0.25) is 5.91 Å². The van der Waals surface area contributed by atoms with Gasteiger partial charge in [-0.15, -0.1) is 21.5 Å². The van der Waals surface area contributed by atoms with Crippen molar-refractivity contribution in [2.75, 3.05) is 26.5 Å². The molecule has 10 heteroatoms. The molecule has 0 bridgehead atoms. The molecular weight excluding hydrogens is 499 g/mol. The lowest BCUT2D eigenvalue weighted by Crippen LogP contribution is -2.27. The monoisotopic (exact) mass is 524 g/mol. The number of thiazole rings is 1. The number of ether oxygens (including phenoxy) is 2. The van der Waals surface area contributed by atoms with E-state index in [2.05, 4.69) is 20.5 Å². The van der Waals surface area contributed by atoms with Crippen LogP contribution in [0.4, 0.5) is 4.39 Å². The molecule has 0 aliphatic rings. The number of aromatic nitrogens is 3. The Bertz CT molecular complexity index is 1330. The number of nitrogens with one attached hydrogen (secondary N) is 1. The molecule has 4 rings (SSSR count). The summed E-state index contributed by atoms with van der Waals surface area (Å²) in [5.74, 6) is 1.23. The van der Waals surface area contributed by atoms with Crippen LogP contribution < -0.4 is 14.8 Å². The summed E-state index contributed by atoms with van der Waals surface area (Å²) in [4.78, 5) is 17.8. The number of nitrogens with zero attached hydrogens (tertiary/aromatic N) is 3. The molecule has 2 aromatic carbocycles. The van der Waals surface area contributed by atoms with Gasteiger partial charge in [0.1, 0.15) is 21.5 Å². The summed E-state index contributed by atoms with van der Waals surface area (Å²) in [5.41, 5.74) is 3.45. The molecule has 0 unspecified atom stereocenters. The van der Waals surface area contributed by atoms with Crippen molar-refractivity contribution in [1.82, 2.24) is 20.5 Å². The number of methoxy groups -OCH3 is 2. The number of carbonyl (C=O) groups excluding carboxylic acids is 1. The molecule has 0 saturated carbocycles. The summed E-state index contributed by atoms with van der Waals surface area (Å²) in [6.07, 6.45) is 0.680. The van der Waals surface area contributed by atoms with Crippen LogP contribution in [0.1, 0.15) is 11.3 Å². The minimum absolute atomic E-state index is 0.0754. The predicted octanol–water partition coefficient (Wildman–Crippen LogP) is 5.18. The fraction of sp³-hybridized carbons (Fsp3) is 0.231. The van der Waals surface area contributed by atoms with Crippen molar-refractivity contribution in [2.45, 2.75) is 18.4 Å². The molecular formula is C26H25FN4O3S2. The quantitative estimate of drug-likeness (QED) is 0.286. The van der Waals surface area contributed by atoms with E-state index in [9.17, 15) is 9.18 Å². The lowest BCUT2D eigenvalue weighted by Gasteiger charge is -2.10. The largest absolute Gasteiger partial charge is 0.493 e. The zero-order chi connectivity index (χ0) is 25.5. The van der Waals surface area contributed by atoms with Gasteiger partial charge in [-0.25, -0.2) is 9.37 Å². The first kappa shape index (κ1) is 25.6. The van der Waals surface area contributed by atoms with Crippen molar-refractivity contribution in [3.63, 3.8) is 0 Å². The zero-order valence-electron chi connectivity index (χ0n) is 20.1. The fourth-order valence-electron chi connectivity index (χ4n) is 3.44. The van der Waals surface area contributed by atoms with Crippen LogP contribution in [-0.2, 0) is 11.2 Å². The first-order valence-corrected chi connectivity index (χ1v) is 12.9. The molecule has 0 atom stereocenters. The highest BCUT2D eigenvalue weighted by atomic mass is 32.2. The topological polar surface area (TPSA) is 86.2 Å². The molecule has 36 heavy (non-hydrogen) atoms. The second-order valence-electron chi connectivity index (χ2n) is 7.78. The number of benzene rings is 2. The van der Waals surface area contributed by atoms with Crippen LogP contribution in [0.3, 0.4) is 0 Å². The maximum absolute atomic E-state index is 13.2. The Hall–Kier alpha value is -3.50. The number of carbonyl (C=O) groups is 1. The van der Waals surface area contributed by atoms with E-state index < -0.39 is 0 Å². The smallest absolute Gasteiger partial charge is 0.230 e. The number of aryl methyl sites for hydroxylation is 1. The zero-order valence-corrected chi connectivity index (χ0v) is 21.7. The third kappa shape index (κ3) is 6.38. The van der Waals surface area contributed by atoms with Crippen molar-refractivity contribution in [1.29, 1.82) is 0 Å². The van der Waals surface area contributed by atoms with Gasteiger partial charge in [0.25, 0.3) is 0 Å². The van der Waals surface area contributed by atoms with Crippen molar-refractivity contribution in [3.05, 3.63) is 71.7 Å². The van der Waals surface area contributed by atoms with E-state index in [0.717, 1.165) is 26.7 Å². The minimum Gasteiger partial charge on any atom is -0.493 e. The number of halogens is 1. The van der Waals surface area contributed by atoms with Crippen LogP contribution in [0.2, 0.25) is 0 Å². The number of hydrogen-bond acceptors (Lipinski definition) is 8. The average Bonchev–Trinajstić information content (AvgIpc) is 3.29. The second kappa shape index (κ2) is 12.0. The van der Waals surface area contributed by atoms with E-state index in [1.165, 1.54) is 35.2 Å². The van der Waals surface area contributed by atoms with E-state index in [-0.39, 0.29) is 17.5 Å². The lowest BCUT2D eigenvalue weighted by molar-refractivity contribution is -0.118. The molecule has 0 saturated heterocycles. The highest BCUT2D eigenvalue weighted by Gasteiger charge is 2.14. The van der Waals surface area contributed by atoms with Crippen LogP contribution in [0.5, 0.6) is 11.5 Å². The highest BCUT2D eigenvalue weighted by molar-refractivity contribution is 7.99. The summed E-state index contributed by atoms with van der Waals surface area (Å²) in [6.45, 7) is 2.43. The number of thioether (sulfide) groups is 1. The summed E-state index contributed by atoms with van der Waals surface area (Å²) in [5, 5.41) is 13.0. The molecule has 0 radical (unpaired) electrons. The van der Waals surface area contributed by atoms with Crippen molar-refractivity contribution in [2.24, 2.45) is 0 Å². The van der Waals surface area contributed by atoms with E-state index >= 15 is 0 Å². The predicted molar refractivity (Wildman–Crippen MR) is 140 cm³/mol. The van der Waals surface area contributed by atoms with Gasteiger partial charge in [-0.1, -0.05) is 17.8 Å². The normalized spacial score (nSPS) is 10.8. The number of hydrogen-bond donors (Lipinski definition) is 1. The molecule has 4 aromatic rings. The van der Waals surface area contributed by atoms with Crippen molar-refractivity contribution >= 4 is 29.0 Å². The maximum atomic E-state index is 13.2. The van der Waals surface area contributed by atoms with Crippen LogP contribution in [0.25, 0.3) is 21.1 Å². The van der Waals surface area contributed by atoms with Crippen molar-refractivity contribution < 1.29 is 18.7 Å². The minimum atomic E-state index is -0.280. The van der Waals surface area contributed by atoms with Crippen LogP contribution in [-0.4, -0.2) is 47.6 Å². The van der Waals surface area contributed by atoms with Crippen molar-refractivity contribution in [3.8, 4) is 32.6 Å². The van der Waals surface area contributed by atoms with Gasteiger partial charge in [0.05, 0.1) is 30.5 Å². The lowest BCUT2D eigenvalue weighted by atomic mass is 10.1. The Morgan fingerprint density at radius 3 is 2.50 bits per heavy atom. The van der Waals surface area contributed by atoms with E-state index in [1.54, 1.807) is 26.4 Å². The van der Waals surface area contributed by atoms with Gasteiger partial charge >= 0.3 is 0 Å². The number of amides is 1. The molecule has 186 valence electrons. The summed E-state index contributed by atoms with van der Waals surface area (Å²) >= 11 is 2.81. The first-order valence-electron chi connectivity index (χ1n) is 11.1. The van der Waals surface area contributed by atoms with Gasteiger partial charge in [-0.05, 0) is 67.4 Å². The van der Waals surface area contributed by atoms with Crippen LogP contribution >= 0.6 is 23.1 Å². The van der Waals surface area contributed by atoms with Gasteiger partial charge in [-0.2, -0.15) is 0 Å². The molecule has 2 heterocycles. The Balaban J connectivity index is 1.28. The Labute approximate surface area is 217 Å². The molecule has 0 aliphatic heterocycles. The Kier molecular flexibility index (Phi) is 8.50. The van der Waals surface area contributed by atoms with Gasteiger partial charge in [0, 0.05) is 12.1 Å². The molecule has 0 spiro atoms. The van der Waals surface area contributed by atoms with E-state index in [0.29, 0.717) is 35.2 Å². The molecule has 0 aliphatic carbocycles. The van der Waals surface area contributed by atoms with Gasteiger partial charge < -0.3 is 14.8 Å². The molecule has 0 fully saturated rings. The van der Waals surface area contributed by atoms with Crippen LogP contribution in [0.15, 0.2) is 59.6 Å². The Morgan fingerprint density at radius 2 is 1.81 bits per heavy atom. The molecule has 2 aromatic heterocycles. The summed E-state index contributed by atoms with van der Waals surface area (Å²) in [7, 11) is 3.19. The van der Waals surface area contributed by atoms with E-state index in [4.69, 9.17) is 9.47 Å². The second-order valence-corrected chi connectivity index (χ2v) is 9.77. The maximum Gasteiger partial charge on any atom is 0.230 e. The summed E-state index contributed by atoms with van der Waals surface area (Å²) < 4.78 is 23.8. The average molecular weight is 525 g/mol. The fourth-order valence-corrected chi connectivity index (χ4v) is 5.12. The molecule has 1 amide bonds.